The number of rotatable bonds is 6. The zero-order chi connectivity index (χ0) is 22.6. The number of amides is 2. The summed E-state index contributed by atoms with van der Waals surface area (Å²) in [6.07, 6.45) is 0. The van der Waals surface area contributed by atoms with E-state index < -0.39 is 0 Å². The molecular weight excluding hydrogens is 472 g/mol. The molecule has 6 nitrogen and oxygen atoms in total. The number of nitrogens with one attached hydrogen (secondary N) is 2. The Morgan fingerprint density at radius 2 is 1.03 bits per heavy atom. The molecule has 5 rings (SSSR count). The highest BCUT2D eigenvalue weighted by molar-refractivity contribution is 7.17. The van der Waals surface area contributed by atoms with E-state index in [9.17, 15) is 9.59 Å². The SMILES string of the molecule is O=C(Nc1nc(-c2ccccc2)cs1)c1ccc(C(=O)Nc2nc(-c3ccccc3)cs2)s1. The summed E-state index contributed by atoms with van der Waals surface area (Å²) in [5.41, 5.74) is 3.59. The molecule has 0 spiro atoms. The Labute approximate surface area is 201 Å². The summed E-state index contributed by atoms with van der Waals surface area (Å²) in [6.45, 7) is 0. The summed E-state index contributed by atoms with van der Waals surface area (Å²) in [5.74, 6) is -0.595. The van der Waals surface area contributed by atoms with Crippen molar-refractivity contribution in [2.45, 2.75) is 0 Å². The van der Waals surface area contributed by atoms with E-state index in [-0.39, 0.29) is 11.8 Å². The molecular formula is C24H16N4O2S3. The second-order valence-corrected chi connectivity index (χ2v) is 9.68. The van der Waals surface area contributed by atoms with Crippen molar-refractivity contribution in [3.05, 3.63) is 93.3 Å². The second kappa shape index (κ2) is 9.45. The minimum atomic E-state index is -0.298. The Balaban J connectivity index is 1.23. The zero-order valence-corrected chi connectivity index (χ0v) is 19.5. The number of carbonyl (C=O) groups excluding carboxylic acids is 2. The van der Waals surface area contributed by atoms with Crippen molar-refractivity contribution in [2.24, 2.45) is 0 Å². The van der Waals surface area contributed by atoms with Crippen LogP contribution in [0.5, 0.6) is 0 Å². The molecule has 3 aromatic heterocycles. The normalized spacial score (nSPS) is 10.7. The highest BCUT2D eigenvalue weighted by atomic mass is 32.1. The van der Waals surface area contributed by atoms with Gasteiger partial charge in [-0.2, -0.15) is 0 Å². The molecule has 0 unspecified atom stereocenters. The van der Waals surface area contributed by atoms with Gasteiger partial charge in [-0.25, -0.2) is 9.97 Å². The Kier molecular flexibility index (Phi) is 6.07. The first-order chi connectivity index (χ1) is 16.2. The van der Waals surface area contributed by atoms with Crippen LogP contribution >= 0.6 is 34.0 Å². The van der Waals surface area contributed by atoms with Crippen molar-refractivity contribution < 1.29 is 9.59 Å². The Hall–Kier alpha value is -3.66. The molecule has 0 saturated heterocycles. The number of hydrogen-bond donors (Lipinski definition) is 2. The fourth-order valence-electron chi connectivity index (χ4n) is 3.04. The molecule has 3 heterocycles. The Morgan fingerprint density at radius 1 is 0.606 bits per heavy atom. The number of aromatic nitrogens is 2. The molecule has 0 atom stereocenters. The van der Waals surface area contributed by atoms with E-state index in [4.69, 9.17) is 0 Å². The predicted octanol–water partition coefficient (Wildman–Crippen LogP) is 6.50. The summed E-state index contributed by atoms with van der Waals surface area (Å²) in [5, 5.41) is 10.4. The minimum absolute atomic E-state index is 0.298. The van der Waals surface area contributed by atoms with E-state index in [2.05, 4.69) is 20.6 Å². The lowest BCUT2D eigenvalue weighted by molar-refractivity contribution is 0.102. The van der Waals surface area contributed by atoms with Gasteiger partial charge >= 0.3 is 0 Å². The van der Waals surface area contributed by atoms with Gasteiger partial charge in [0.1, 0.15) is 0 Å². The molecule has 33 heavy (non-hydrogen) atoms. The van der Waals surface area contributed by atoms with Crippen molar-refractivity contribution in [3.63, 3.8) is 0 Å². The molecule has 5 aromatic rings. The average Bonchev–Trinajstić information content (AvgIpc) is 3.61. The lowest BCUT2D eigenvalue weighted by Crippen LogP contribution is -2.11. The predicted molar refractivity (Wildman–Crippen MR) is 135 cm³/mol. The molecule has 0 aliphatic heterocycles. The van der Waals surface area contributed by atoms with Crippen molar-refractivity contribution in [3.8, 4) is 22.5 Å². The minimum Gasteiger partial charge on any atom is -0.297 e. The van der Waals surface area contributed by atoms with Gasteiger partial charge in [-0.3, -0.25) is 20.2 Å². The first-order valence-corrected chi connectivity index (χ1v) is 12.5. The van der Waals surface area contributed by atoms with Gasteiger partial charge in [-0.15, -0.1) is 34.0 Å². The van der Waals surface area contributed by atoms with Gasteiger partial charge in [0.15, 0.2) is 10.3 Å². The van der Waals surface area contributed by atoms with Gasteiger partial charge in [0.05, 0.1) is 21.1 Å². The molecule has 2 amide bonds. The molecule has 2 N–H and O–H groups in total. The van der Waals surface area contributed by atoms with Crippen LogP contribution in [0.1, 0.15) is 19.3 Å². The maximum atomic E-state index is 12.6. The van der Waals surface area contributed by atoms with E-state index in [1.165, 1.54) is 22.7 Å². The summed E-state index contributed by atoms with van der Waals surface area (Å²) in [6, 6.07) is 22.8. The first-order valence-electron chi connectivity index (χ1n) is 9.90. The maximum absolute atomic E-state index is 12.6. The van der Waals surface area contributed by atoms with Gasteiger partial charge in [-0.1, -0.05) is 60.7 Å². The van der Waals surface area contributed by atoms with Crippen LogP contribution in [-0.4, -0.2) is 21.8 Å². The van der Waals surface area contributed by atoms with Crippen LogP contribution in [0.4, 0.5) is 10.3 Å². The monoisotopic (exact) mass is 488 g/mol. The van der Waals surface area contributed by atoms with Crippen LogP contribution in [0.2, 0.25) is 0 Å². The molecule has 0 fully saturated rings. The van der Waals surface area contributed by atoms with Crippen LogP contribution in [0.3, 0.4) is 0 Å². The topological polar surface area (TPSA) is 84.0 Å². The van der Waals surface area contributed by atoms with Gasteiger partial charge < -0.3 is 0 Å². The average molecular weight is 489 g/mol. The fourth-order valence-corrected chi connectivity index (χ4v) is 5.27. The molecule has 9 heteroatoms. The number of thiazole rings is 2. The molecule has 0 bridgehead atoms. The van der Waals surface area contributed by atoms with Gasteiger partial charge in [0.2, 0.25) is 0 Å². The lowest BCUT2D eigenvalue weighted by atomic mass is 10.2. The van der Waals surface area contributed by atoms with Crippen molar-refractivity contribution in [1.29, 1.82) is 0 Å². The van der Waals surface area contributed by atoms with E-state index in [1.54, 1.807) is 12.1 Å². The third kappa shape index (κ3) is 4.90. The molecule has 0 aliphatic rings. The van der Waals surface area contributed by atoms with Crippen LogP contribution < -0.4 is 10.6 Å². The van der Waals surface area contributed by atoms with Gasteiger partial charge in [0, 0.05) is 21.9 Å². The highest BCUT2D eigenvalue weighted by Crippen LogP contribution is 2.27. The molecule has 2 aromatic carbocycles. The number of hydrogen-bond acceptors (Lipinski definition) is 7. The fraction of sp³-hybridized carbons (Fsp3) is 0. The Bertz CT molecular complexity index is 1300. The third-order valence-electron chi connectivity index (χ3n) is 4.64. The van der Waals surface area contributed by atoms with E-state index in [0.29, 0.717) is 20.0 Å². The summed E-state index contributed by atoms with van der Waals surface area (Å²) < 4.78 is 0. The summed E-state index contributed by atoms with van der Waals surface area (Å²) in [7, 11) is 0. The second-order valence-electron chi connectivity index (χ2n) is 6.88. The van der Waals surface area contributed by atoms with Crippen molar-refractivity contribution in [1.82, 2.24) is 9.97 Å². The maximum Gasteiger partial charge on any atom is 0.267 e. The summed E-state index contributed by atoms with van der Waals surface area (Å²) in [4.78, 5) is 35.1. The quantitative estimate of drug-likeness (QED) is 0.286. The smallest absolute Gasteiger partial charge is 0.267 e. The molecule has 0 aliphatic carbocycles. The molecule has 0 radical (unpaired) electrons. The number of thiophene rings is 1. The third-order valence-corrected chi connectivity index (χ3v) is 7.24. The van der Waals surface area contributed by atoms with Crippen LogP contribution in [-0.2, 0) is 0 Å². The first kappa shape index (κ1) is 21.2. The summed E-state index contributed by atoms with van der Waals surface area (Å²) >= 11 is 3.84. The van der Waals surface area contributed by atoms with Crippen LogP contribution in [0, 0.1) is 0 Å². The largest absolute Gasteiger partial charge is 0.297 e. The number of nitrogens with zero attached hydrogens (tertiary/aromatic N) is 2. The van der Waals surface area contributed by atoms with E-state index in [1.807, 2.05) is 71.4 Å². The van der Waals surface area contributed by atoms with Gasteiger partial charge in [-0.05, 0) is 12.1 Å². The van der Waals surface area contributed by atoms with E-state index in [0.717, 1.165) is 33.9 Å². The van der Waals surface area contributed by atoms with Crippen molar-refractivity contribution >= 4 is 56.1 Å². The number of carbonyl (C=O) groups is 2. The van der Waals surface area contributed by atoms with Gasteiger partial charge in [0.25, 0.3) is 11.8 Å². The Morgan fingerprint density at radius 3 is 1.45 bits per heavy atom. The number of anilines is 2. The van der Waals surface area contributed by atoms with E-state index >= 15 is 0 Å². The van der Waals surface area contributed by atoms with Crippen LogP contribution in [0.25, 0.3) is 22.5 Å². The van der Waals surface area contributed by atoms with Crippen molar-refractivity contribution in [2.75, 3.05) is 10.6 Å². The number of benzene rings is 2. The van der Waals surface area contributed by atoms with Crippen LogP contribution in [0.15, 0.2) is 83.6 Å². The lowest BCUT2D eigenvalue weighted by Gasteiger charge is -2.00. The molecule has 162 valence electrons. The zero-order valence-electron chi connectivity index (χ0n) is 17.0. The highest BCUT2D eigenvalue weighted by Gasteiger charge is 2.17. The standard InChI is InChI=1S/C24H16N4O2S3/c29-21(27-23-25-17(13-31-23)15-7-3-1-4-8-15)19-11-12-20(33-19)22(30)28-24-26-18(14-32-24)16-9-5-2-6-10-16/h1-14H,(H,25,27,29)(H,26,28,30). The molecule has 0 saturated carbocycles.